The fourth-order valence-electron chi connectivity index (χ4n) is 4.22. The van der Waals surface area contributed by atoms with Gasteiger partial charge in [0.25, 0.3) is 0 Å². The maximum atomic E-state index is 14.8. The summed E-state index contributed by atoms with van der Waals surface area (Å²) in [6, 6.07) is 8.52. The van der Waals surface area contributed by atoms with Crippen molar-refractivity contribution in [3.05, 3.63) is 80.6 Å². The molecule has 1 fully saturated rings. The molecule has 0 amide bonds. The largest absolute Gasteiger partial charge is 0.477 e. The van der Waals surface area contributed by atoms with Crippen LogP contribution in [0.3, 0.4) is 0 Å². The molecule has 7 heteroatoms. The van der Waals surface area contributed by atoms with Crippen LogP contribution in [0.2, 0.25) is 0 Å². The Balaban J connectivity index is 1.94. The molecule has 5 nitrogen and oxygen atoms in total. The fourth-order valence-corrected chi connectivity index (χ4v) is 4.22. The minimum Gasteiger partial charge on any atom is -0.477 e. The zero-order valence-corrected chi connectivity index (χ0v) is 14.7. The quantitative estimate of drug-likeness (QED) is 0.727. The molecule has 2 aliphatic rings. The van der Waals surface area contributed by atoms with Gasteiger partial charge in [0, 0.05) is 18.7 Å². The molecule has 3 aromatic rings. The molecular formula is C21H16F2N2O3. The summed E-state index contributed by atoms with van der Waals surface area (Å²) in [5.74, 6) is -3.16. The molecule has 1 aliphatic carbocycles. The zero-order chi connectivity index (χ0) is 19.6. The van der Waals surface area contributed by atoms with Gasteiger partial charge >= 0.3 is 5.97 Å². The van der Waals surface area contributed by atoms with Gasteiger partial charge in [0.1, 0.15) is 11.4 Å². The van der Waals surface area contributed by atoms with Crippen molar-refractivity contribution >= 4 is 16.9 Å². The standard InChI is InChI=1S/C21H16F2N2O3/c22-11-7-14-18(15(23)8-11)25(12-5-6-12)19(16(20(14)26)21(27)28)17-13-4-2-1-3-10(13)9-24-17/h1-4,7-8,12,17,24H,5-6,9H2,(H,27,28). The molecule has 0 spiro atoms. The van der Waals surface area contributed by atoms with Gasteiger partial charge in [0.2, 0.25) is 5.43 Å². The lowest BCUT2D eigenvalue weighted by molar-refractivity contribution is 0.0692. The summed E-state index contributed by atoms with van der Waals surface area (Å²) in [6.07, 6.45) is 1.49. The molecular weight excluding hydrogens is 366 g/mol. The Kier molecular flexibility index (Phi) is 3.64. The Morgan fingerprint density at radius 3 is 2.64 bits per heavy atom. The van der Waals surface area contributed by atoms with E-state index in [9.17, 15) is 23.5 Å². The molecule has 0 bridgehead atoms. The SMILES string of the molecule is O=C(O)c1c(C2NCc3ccccc32)n(C2CC2)c2c(F)cc(F)cc2c1=O. The number of pyridine rings is 1. The lowest BCUT2D eigenvalue weighted by atomic mass is 9.96. The smallest absolute Gasteiger partial charge is 0.341 e. The first-order chi connectivity index (χ1) is 13.5. The van der Waals surface area contributed by atoms with Crippen LogP contribution < -0.4 is 10.7 Å². The van der Waals surface area contributed by atoms with Gasteiger partial charge in [-0.05, 0) is 30.0 Å². The van der Waals surface area contributed by atoms with Crippen molar-refractivity contribution in [2.45, 2.75) is 31.5 Å². The number of carboxylic acid groups (broad SMARTS) is 1. The first kappa shape index (κ1) is 17.1. The van der Waals surface area contributed by atoms with Gasteiger partial charge in [-0.1, -0.05) is 24.3 Å². The number of hydrogen-bond donors (Lipinski definition) is 2. The van der Waals surface area contributed by atoms with Crippen LogP contribution in [0.4, 0.5) is 8.78 Å². The van der Waals surface area contributed by atoms with E-state index in [0.717, 1.165) is 36.1 Å². The summed E-state index contributed by atoms with van der Waals surface area (Å²) in [5, 5.41) is 12.9. The highest BCUT2D eigenvalue weighted by Crippen LogP contribution is 2.43. The minimum absolute atomic E-state index is 0.0277. The third kappa shape index (κ3) is 2.39. The van der Waals surface area contributed by atoms with Crippen molar-refractivity contribution in [1.29, 1.82) is 0 Å². The van der Waals surface area contributed by atoms with E-state index in [-0.39, 0.29) is 22.6 Å². The second-order valence-corrected chi connectivity index (χ2v) is 7.29. The molecule has 1 atom stereocenters. The monoisotopic (exact) mass is 382 g/mol. The minimum atomic E-state index is -1.40. The summed E-state index contributed by atoms with van der Waals surface area (Å²) in [6.45, 7) is 0.517. The number of nitrogens with zero attached hydrogens (tertiary/aromatic N) is 1. The average Bonchev–Trinajstić information content (AvgIpc) is 3.40. The van der Waals surface area contributed by atoms with E-state index in [1.165, 1.54) is 0 Å². The number of benzene rings is 2. The van der Waals surface area contributed by atoms with Gasteiger partial charge in [-0.3, -0.25) is 4.79 Å². The number of nitrogens with one attached hydrogen (secondary N) is 1. The Morgan fingerprint density at radius 1 is 1.18 bits per heavy atom. The van der Waals surface area contributed by atoms with Crippen LogP contribution in [0, 0.1) is 11.6 Å². The van der Waals surface area contributed by atoms with E-state index in [1.54, 1.807) is 4.57 Å². The molecule has 2 heterocycles. The van der Waals surface area contributed by atoms with Gasteiger partial charge < -0.3 is 15.0 Å². The van der Waals surface area contributed by atoms with Gasteiger partial charge in [-0.2, -0.15) is 0 Å². The average molecular weight is 382 g/mol. The molecule has 1 aromatic heterocycles. The van der Waals surface area contributed by atoms with Crippen molar-refractivity contribution in [3.63, 3.8) is 0 Å². The van der Waals surface area contributed by atoms with E-state index in [4.69, 9.17) is 0 Å². The van der Waals surface area contributed by atoms with E-state index < -0.39 is 34.6 Å². The zero-order valence-electron chi connectivity index (χ0n) is 14.7. The molecule has 28 heavy (non-hydrogen) atoms. The Hall–Kier alpha value is -3.06. The van der Waals surface area contributed by atoms with Crippen molar-refractivity contribution in [3.8, 4) is 0 Å². The molecule has 1 aliphatic heterocycles. The number of aromatic carboxylic acids is 1. The van der Waals surface area contributed by atoms with Crippen LogP contribution in [0.25, 0.3) is 10.9 Å². The molecule has 2 N–H and O–H groups in total. The van der Waals surface area contributed by atoms with Crippen molar-refractivity contribution in [2.24, 2.45) is 0 Å². The van der Waals surface area contributed by atoms with Crippen LogP contribution in [0.5, 0.6) is 0 Å². The first-order valence-electron chi connectivity index (χ1n) is 9.09. The Bertz CT molecular complexity index is 1210. The maximum Gasteiger partial charge on any atom is 0.341 e. The number of hydrogen-bond acceptors (Lipinski definition) is 3. The predicted molar refractivity (Wildman–Crippen MR) is 98.5 cm³/mol. The number of carboxylic acids is 1. The van der Waals surface area contributed by atoms with E-state index in [0.29, 0.717) is 6.54 Å². The summed E-state index contributed by atoms with van der Waals surface area (Å²) >= 11 is 0. The molecule has 1 unspecified atom stereocenters. The predicted octanol–water partition coefficient (Wildman–Crippen LogP) is 3.51. The van der Waals surface area contributed by atoms with Gasteiger partial charge in [-0.25, -0.2) is 13.6 Å². The lowest BCUT2D eigenvalue weighted by Gasteiger charge is -2.24. The van der Waals surface area contributed by atoms with Crippen molar-refractivity contribution < 1.29 is 18.7 Å². The van der Waals surface area contributed by atoms with E-state index >= 15 is 0 Å². The number of fused-ring (bicyclic) bond motifs is 2. The highest BCUT2D eigenvalue weighted by Gasteiger charge is 2.37. The fraction of sp³-hybridized carbons (Fsp3) is 0.238. The topological polar surface area (TPSA) is 71.3 Å². The molecule has 0 radical (unpaired) electrons. The molecule has 142 valence electrons. The van der Waals surface area contributed by atoms with E-state index in [2.05, 4.69) is 5.32 Å². The van der Waals surface area contributed by atoms with Crippen molar-refractivity contribution in [2.75, 3.05) is 0 Å². The number of halogens is 2. The second kappa shape index (κ2) is 5.97. The third-order valence-corrected chi connectivity index (χ3v) is 5.52. The first-order valence-corrected chi connectivity index (χ1v) is 9.09. The van der Waals surface area contributed by atoms with Crippen LogP contribution in [0.15, 0.2) is 41.2 Å². The normalized spacial score (nSPS) is 18.4. The third-order valence-electron chi connectivity index (χ3n) is 5.52. The Labute approximate surface area is 158 Å². The summed E-state index contributed by atoms with van der Waals surface area (Å²) in [7, 11) is 0. The highest BCUT2D eigenvalue weighted by atomic mass is 19.1. The molecule has 1 saturated carbocycles. The second-order valence-electron chi connectivity index (χ2n) is 7.29. The summed E-state index contributed by atoms with van der Waals surface area (Å²) in [4.78, 5) is 25.1. The van der Waals surface area contributed by atoms with Crippen LogP contribution in [-0.2, 0) is 6.54 Å². The van der Waals surface area contributed by atoms with E-state index in [1.807, 2.05) is 24.3 Å². The Morgan fingerprint density at radius 2 is 1.93 bits per heavy atom. The van der Waals surface area contributed by atoms with Crippen LogP contribution in [0.1, 0.15) is 52.1 Å². The molecule has 5 rings (SSSR count). The van der Waals surface area contributed by atoms with Crippen LogP contribution in [-0.4, -0.2) is 15.6 Å². The lowest BCUT2D eigenvalue weighted by Crippen LogP contribution is -2.30. The highest BCUT2D eigenvalue weighted by molar-refractivity contribution is 5.95. The van der Waals surface area contributed by atoms with Gasteiger partial charge in [0.05, 0.1) is 22.6 Å². The number of rotatable bonds is 3. The maximum absolute atomic E-state index is 14.8. The van der Waals surface area contributed by atoms with Crippen LogP contribution >= 0.6 is 0 Å². The summed E-state index contributed by atoms with van der Waals surface area (Å²) in [5.41, 5.74) is 0.777. The molecule has 2 aromatic carbocycles. The number of carbonyl (C=O) groups is 1. The number of aromatic nitrogens is 1. The summed E-state index contributed by atoms with van der Waals surface area (Å²) < 4.78 is 30.2. The molecule has 0 saturated heterocycles. The van der Waals surface area contributed by atoms with Gasteiger partial charge in [-0.15, -0.1) is 0 Å². The van der Waals surface area contributed by atoms with Gasteiger partial charge in [0.15, 0.2) is 5.82 Å². The van der Waals surface area contributed by atoms with Crippen molar-refractivity contribution in [1.82, 2.24) is 9.88 Å².